The Bertz CT molecular complexity index is 1200. The molecule has 14 nitrogen and oxygen atoms in total. The molecule has 1 fully saturated rings. The van der Waals surface area contributed by atoms with Gasteiger partial charge in [-0.1, -0.05) is 0 Å². The molecule has 0 saturated carbocycles. The topological polar surface area (TPSA) is 166 Å². The van der Waals surface area contributed by atoms with E-state index in [9.17, 15) is 9.90 Å². The van der Waals surface area contributed by atoms with Gasteiger partial charge in [-0.05, 0) is 35.4 Å². The molecule has 4 aromatic rings. The highest BCUT2D eigenvalue weighted by Crippen LogP contribution is 2.23. The first-order valence-electron chi connectivity index (χ1n) is 10.2. The minimum absolute atomic E-state index is 0.0386. The molecule has 0 radical (unpaired) electrons. The molecule has 5 heterocycles. The summed E-state index contributed by atoms with van der Waals surface area (Å²) in [6.45, 7) is 1.69. The second-order valence-electron chi connectivity index (χ2n) is 7.33. The molecular weight excluding hydrogens is 430 g/mol. The second-order valence-corrected chi connectivity index (χ2v) is 7.33. The van der Waals surface area contributed by atoms with E-state index < -0.39 is 5.97 Å². The number of aromatic carboxylic acids is 1. The lowest BCUT2D eigenvalue weighted by atomic mass is 10.1. The Balaban J connectivity index is 1.13. The molecular formula is C19H18N11O3-. The fraction of sp³-hybridized carbons (Fsp3) is 0.316. The fourth-order valence-electron chi connectivity index (χ4n) is 3.45. The molecule has 14 heteroatoms. The van der Waals surface area contributed by atoms with Crippen molar-refractivity contribution in [2.24, 2.45) is 0 Å². The van der Waals surface area contributed by atoms with Crippen molar-refractivity contribution in [3.8, 4) is 11.6 Å². The third kappa shape index (κ3) is 4.58. The predicted molar refractivity (Wildman–Crippen MR) is 108 cm³/mol. The van der Waals surface area contributed by atoms with Crippen LogP contribution < -0.4 is 14.7 Å². The molecule has 0 bridgehead atoms. The van der Waals surface area contributed by atoms with Gasteiger partial charge in [0.2, 0.25) is 5.95 Å². The standard InChI is InChI=1S/C19H19N11O3/c31-18(32)13-7-21-19(22-8-13)28-5-3-15(4-6-28)30-24-9-14(25-30)11-33-16-1-2-17(20-10-16)29-12-23-26-27-29/h1-2,7-10,12,15H,3-6,11H2,(H,31,32)/p-1. The number of pyridine rings is 1. The highest BCUT2D eigenvalue weighted by Gasteiger charge is 2.23. The van der Waals surface area contributed by atoms with Gasteiger partial charge in [0.25, 0.3) is 0 Å². The van der Waals surface area contributed by atoms with Gasteiger partial charge in [0.15, 0.2) is 5.82 Å². The Morgan fingerprint density at radius 1 is 1.09 bits per heavy atom. The molecule has 0 aromatic carbocycles. The molecule has 0 N–H and O–H groups in total. The van der Waals surface area contributed by atoms with Gasteiger partial charge in [-0.2, -0.15) is 19.7 Å². The first-order valence-corrected chi connectivity index (χ1v) is 10.2. The highest BCUT2D eigenvalue weighted by atomic mass is 16.5. The maximum atomic E-state index is 10.8. The third-order valence-corrected chi connectivity index (χ3v) is 5.19. The van der Waals surface area contributed by atoms with E-state index in [4.69, 9.17) is 4.74 Å². The number of hydrogen-bond acceptors (Lipinski definition) is 12. The quantitative estimate of drug-likeness (QED) is 0.347. The Hall–Kier alpha value is -4.49. The lowest BCUT2D eigenvalue weighted by Gasteiger charge is -2.31. The summed E-state index contributed by atoms with van der Waals surface area (Å²) in [6.07, 6.45) is 8.90. The SMILES string of the molecule is O=C([O-])c1cnc(N2CCC(n3ncc(COc4ccc(-n5cnnn5)nc4)n3)CC2)nc1. The van der Waals surface area contributed by atoms with Crippen LogP contribution in [0.25, 0.3) is 5.82 Å². The van der Waals surface area contributed by atoms with Crippen molar-refractivity contribution in [2.75, 3.05) is 18.0 Å². The van der Waals surface area contributed by atoms with Crippen molar-refractivity contribution in [3.63, 3.8) is 0 Å². The molecule has 33 heavy (non-hydrogen) atoms. The number of anilines is 1. The Morgan fingerprint density at radius 3 is 2.58 bits per heavy atom. The molecule has 1 saturated heterocycles. The van der Waals surface area contributed by atoms with Crippen molar-refractivity contribution in [1.82, 2.24) is 50.2 Å². The Labute approximate surface area is 186 Å². The van der Waals surface area contributed by atoms with Gasteiger partial charge in [0.1, 0.15) is 24.4 Å². The number of rotatable bonds is 7. The van der Waals surface area contributed by atoms with Crippen LogP contribution in [0.1, 0.15) is 34.9 Å². The monoisotopic (exact) mass is 448 g/mol. The molecule has 1 aliphatic rings. The van der Waals surface area contributed by atoms with E-state index >= 15 is 0 Å². The maximum absolute atomic E-state index is 10.8. The summed E-state index contributed by atoms with van der Waals surface area (Å²) in [5.41, 5.74) is 0.673. The summed E-state index contributed by atoms with van der Waals surface area (Å²) in [5.74, 6) is 0.396. The van der Waals surface area contributed by atoms with Crippen molar-refractivity contribution in [2.45, 2.75) is 25.5 Å². The number of tetrazole rings is 1. The lowest BCUT2D eigenvalue weighted by molar-refractivity contribution is -0.255. The molecule has 0 spiro atoms. The van der Waals surface area contributed by atoms with Gasteiger partial charge >= 0.3 is 0 Å². The maximum Gasteiger partial charge on any atom is 0.225 e. The van der Waals surface area contributed by atoms with Crippen molar-refractivity contribution < 1.29 is 14.6 Å². The zero-order chi connectivity index (χ0) is 22.6. The van der Waals surface area contributed by atoms with E-state index in [1.54, 1.807) is 29.3 Å². The van der Waals surface area contributed by atoms with Crippen LogP contribution in [0.4, 0.5) is 5.95 Å². The van der Waals surface area contributed by atoms with E-state index in [1.807, 2.05) is 4.90 Å². The number of hydrogen-bond donors (Lipinski definition) is 0. The summed E-state index contributed by atoms with van der Waals surface area (Å²) < 4.78 is 7.21. The van der Waals surface area contributed by atoms with E-state index in [0.717, 1.165) is 12.8 Å². The normalized spacial score (nSPS) is 14.4. The average molecular weight is 448 g/mol. The van der Waals surface area contributed by atoms with E-state index in [-0.39, 0.29) is 18.2 Å². The average Bonchev–Trinajstić information content (AvgIpc) is 3.56. The molecule has 168 valence electrons. The number of carbonyl (C=O) groups is 1. The predicted octanol–water partition coefficient (Wildman–Crippen LogP) is -0.777. The van der Waals surface area contributed by atoms with Gasteiger partial charge in [-0.3, -0.25) is 0 Å². The van der Waals surface area contributed by atoms with Crippen LogP contribution in [-0.2, 0) is 6.61 Å². The number of ether oxygens (including phenoxy) is 1. The van der Waals surface area contributed by atoms with Crippen molar-refractivity contribution in [3.05, 3.63) is 54.5 Å². The van der Waals surface area contributed by atoms with Gasteiger partial charge in [-0.25, -0.2) is 15.0 Å². The first kappa shape index (κ1) is 20.4. The van der Waals surface area contributed by atoms with Crippen LogP contribution in [0, 0.1) is 0 Å². The van der Waals surface area contributed by atoms with Crippen LogP contribution >= 0.6 is 0 Å². The smallest absolute Gasteiger partial charge is 0.225 e. The number of nitrogens with zero attached hydrogens (tertiary/aromatic N) is 11. The number of carboxylic acids is 1. The summed E-state index contributed by atoms with van der Waals surface area (Å²) in [7, 11) is 0. The summed E-state index contributed by atoms with van der Waals surface area (Å²) in [4.78, 5) is 27.1. The van der Waals surface area contributed by atoms with Crippen LogP contribution in [-0.4, -0.2) is 69.2 Å². The van der Waals surface area contributed by atoms with Crippen molar-refractivity contribution in [1.29, 1.82) is 0 Å². The lowest BCUT2D eigenvalue weighted by Crippen LogP contribution is -2.36. The fourth-order valence-corrected chi connectivity index (χ4v) is 3.45. The van der Waals surface area contributed by atoms with Crippen LogP contribution in [0.5, 0.6) is 5.75 Å². The minimum Gasteiger partial charge on any atom is -0.545 e. The number of carbonyl (C=O) groups excluding carboxylic acids is 1. The summed E-state index contributed by atoms with van der Waals surface area (Å²) >= 11 is 0. The molecule has 1 aliphatic heterocycles. The molecule has 0 atom stereocenters. The van der Waals surface area contributed by atoms with Gasteiger partial charge in [-0.15, -0.1) is 5.10 Å². The minimum atomic E-state index is -1.29. The van der Waals surface area contributed by atoms with E-state index in [2.05, 4.69) is 40.7 Å². The highest BCUT2D eigenvalue weighted by molar-refractivity contribution is 5.84. The van der Waals surface area contributed by atoms with Crippen LogP contribution in [0.3, 0.4) is 0 Å². The van der Waals surface area contributed by atoms with E-state index in [1.165, 1.54) is 23.4 Å². The number of aromatic nitrogens is 10. The Kier molecular flexibility index (Phi) is 5.53. The van der Waals surface area contributed by atoms with Gasteiger partial charge in [0, 0.05) is 31.0 Å². The summed E-state index contributed by atoms with van der Waals surface area (Å²) in [6, 6.07) is 3.69. The van der Waals surface area contributed by atoms with Crippen molar-refractivity contribution >= 4 is 11.9 Å². The molecule has 4 aromatic heterocycles. The van der Waals surface area contributed by atoms with Gasteiger partial charge < -0.3 is 19.5 Å². The largest absolute Gasteiger partial charge is 0.545 e. The Morgan fingerprint density at radius 2 is 1.91 bits per heavy atom. The molecule has 0 amide bonds. The first-order chi connectivity index (χ1) is 16.2. The second kappa shape index (κ2) is 8.94. The molecule has 0 aliphatic carbocycles. The summed E-state index contributed by atoms with van der Waals surface area (Å²) in [5, 5.41) is 30.7. The van der Waals surface area contributed by atoms with Gasteiger partial charge in [0.05, 0.1) is 24.4 Å². The zero-order valence-corrected chi connectivity index (χ0v) is 17.3. The third-order valence-electron chi connectivity index (χ3n) is 5.19. The number of carboxylic acid groups (broad SMARTS) is 1. The molecule has 0 unspecified atom stereocenters. The van der Waals surface area contributed by atoms with E-state index in [0.29, 0.717) is 36.3 Å². The van der Waals surface area contributed by atoms with Crippen LogP contribution in [0.15, 0.2) is 43.2 Å². The van der Waals surface area contributed by atoms with Crippen LogP contribution in [0.2, 0.25) is 0 Å². The molecule has 5 rings (SSSR count). The number of piperidine rings is 1. The zero-order valence-electron chi connectivity index (χ0n) is 17.3.